The molecule has 1 saturated carbocycles. The molecule has 0 bridgehead atoms. The van der Waals surface area contributed by atoms with Crippen LogP contribution in [0.25, 0.3) is 0 Å². The van der Waals surface area contributed by atoms with Crippen molar-refractivity contribution in [2.45, 2.75) is 38.1 Å². The highest BCUT2D eigenvalue weighted by atomic mass is 35.5. The van der Waals surface area contributed by atoms with Crippen LogP contribution in [0.4, 0.5) is 5.69 Å². The van der Waals surface area contributed by atoms with Gasteiger partial charge in [-0.25, -0.2) is 0 Å². The lowest BCUT2D eigenvalue weighted by molar-refractivity contribution is 0.396. The van der Waals surface area contributed by atoms with E-state index in [1.165, 1.54) is 32.1 Å². The summed E-state index contributed by atoms with van der Waals surface area (Å²) in [5, 5.41) is 7.75. The first kappa shape index (κ1) is 14.3. The molecule has 21 heavy (non-hydrogen) atoms. The maximum atomic E-state index is 6.22. The summed E-state index contributed by atoms with van der Waals surface area (Å²) in [7, 11) is 0. The van der Waals surface area contributed by atoms with Gasteiger partial charge in [0.2, 0.25) is 0 Å². The quantitative estimate of drug-likeness (QED) is 0.816. The molecule has 0 unspecified atom stereocenters. The Morgan fingerprint density at radius 3 is 2.33 bits per heavy atom. The largest absolute Gasteiger partial charge is 0.380 e. The molecule has 0 radical (unpaired) electrons. The van der Waals surface area contributed by atoms with Gasteiger partial charge in [-0.1, -0.05) is 56.2 Å². The van der Waals surface area contributed by atoms with Crippen LogP contribution in [0, 0.1) is 0 Å². The summed E-state index contributed by atoms with van der Waals surface area (Å²) in [5.74, 6) is 0. The Hall–Kier alpha value is -1.67. The minimum absolute atomic E-state index is 0.557. The van der Waals surface area contributed by atoms with Crippen molar-refractivity contribution in [2.75, 3.05) is 5.32 Å². The molecule has 110 valence electrons. The smallest absolute Gasteiger partial charge is 0.0700 e. The summed E-state index contributed by atoms with van der Waals surface area (Å²) >= 11 is 6.22. The molecule has 0 saturated heterocycles. The third-order valence-corrected chi connectivity index (χ3v) is 4.63. The van der Waals surface area contributed by atoms with Crippen molar-refractivity contribution < 1.29 is 0 Å². The Kier molecular flexibility index (Phi) is 4.07. The highest BCUT2D eigenvalue weighted by molar-refractivity contribution is 6.33. The van der Waals surface area contributed by atoms with Gasteiger partial charge in [-0.15, -0.1) is 0 Å². The fraction of sp³-hybridized carbons (Fsp3) is 0.333. The van der Waals surface area contributed by atoms with E-state index in [4.69, 9.17) is 11.6 Å². The molecule has 0 amide bonds. The fourth-order valence-electron chi connectivity index (χ4n) is 2.99. The SMILES string of the molecule is C=C1C(=C)C(NC2CCCCC2)=C1Nc1ccccc1Cl. The van der Waals surface area contributed by atoms with E-state index < -0.39 is 0 Å². The number of halogens is 1. The maximum absolute atomic E-state index is 6.22. The highest BCUT2D eigenvalue weighted by Gasteiger charge is 2.29. The maximum Gasteiger partial charge on any atom is 0.0700 e. The van der Waals surface area contributed by atoms with E-state index >= 15 is 0 Å². The number of allylic oxidation sites excluding steroid dienone is 2. The van der Waals surface area contributed by atoms with Gasteiger partial charge in [-0.05, 0) is 25.0 Å². The van der Waals surface area contributed by atoms with Crippen LogP contribution in [0.15, 0.2) is 60.0 Å². The summed E-state index contributed by atoms with van der Waals surface area (Å²) < 4.78 is 0. The van der Waals surface area contributed by atoms with E-state index in [1.807, 2.05) is 24.3 Å². The van der Waals surface area contributed by atoms with Crippen LogP contribution >= 0.6 is 11.6 Å². The van der Waals surface area contributed by atoms with Gasteiger partial charge in [0.25, 0.3) is 0 Å². The van der Waals surface area contributed by atoms with Crippen LogP contribution in [-0.2, 0) is 0 Å². The number of para-hydroxylation sites is 1. The summed E-state index contributed by atoms with van der Waals surface area (Å²) in [4.78, 5) is 0. The molecule has 2 N–H and O–H groups in total. The van der Waals surface area contributed by atoms with Gasteiger partial charge in [-0.2, -0.15) is 0 Å². The minimum Gasteiger partial charge on any atom is -0.380 e. The predicted molar refractivity (Wildman–Crippen MR) is 90.4 cm³/mol. The second-order valence-corrected chi connectivity index (χ2v) is 6.20. The van der Waals surface area contributed by atoms with Crippen molar-refractivity contribution in [1.82, 2.24) is 5.32 Å². The molecule has 3 heteroatoms. The number of rotatable bonds is 4. The third kappa shape index (κ3) is 2.86. The van der Waals surface area contributed by atoms with Gasteiger partial charge in [0.1, 0.15) is 0 Å². The second-order valence-electron chi connectivity index (χ2n) is 5.79. The molecule has 0 heterocycles. The van der Waals surface area contributed by atoms with Crippen LogP contribution < -0.4 is 10.6 Å². The lowest BCUT2D eigenvalue weighted by atomic mass is 9.87. The Morgan fingerprint density at radius 2 is 1.62 bits per heavy atom. The molecule has 2 aliphatic carbocycles. The Bertz CT molecular complexity index is 609. The second kappa shape index (κ2) is 5.98. The van der Waals surface area contributed by atoms with Gasteiger partial charge in [0.15, 0.2) is 0 Å². The number of nitrogens with one attached hydrogen (secondary N) is 2. The first-order valence-corrected chi connectivity index (χ1v) is 7.96. The average Bonchev–Trinajstić information content (AvgIpc) is 2.53. The van der Waals surface area contributed by atoms with Crippen molar-refractivity contribution in [2.24, 2.45) is 0 Å². The van der Waals surface area contributed by atoms with Crippen molar-refractivity contribution >= 4 is 17.3 Å². The summed E-state index contributed by atoms with van der Waals surface area (Å²) in [6.45, 7) is 8.20. The standard InChI is InChI=1S/C18H21ClN2/c1-12-13(2)18(21-16-11-7-6-10-15(16)19)17(12)20-14-8-4-3-5-9-14/h6-7,10-11,14,20-21H,1-5,8-9H2. The molecular formula is C18H21ClN2. The van der Waals surface area contributed by atoms with Crippen LogP contribution in [0.3, 0.4) is 0 Å². The van der Waals surface area contributed by atoms with Crippen LogP contribution in [-0.4, -0.2) is 6.04 Å². The summed E-state index contributed by atoms with van der Waals surface area (Å²) in [6, 6.07) is 8.31. The van der Waals surface area contributed by atoms with Crippen molar-refractivity contribution in [3.05, 3.63) is 65.0 Å². The molecule has 1 aromatic carbocycles. The van der Waals surface area contributed by atoms with E-state index in [-0.39, 0.29) is 0 Å². The number of hydrogen-bond acceptors (Lipinski definition) is 2. The van der Waals surface area contributed by atoms with E-state index in [0.717, 1.165) is 28.2 Å². The van der Waals surface area contributed by atoms with E-state index in [2.05, 4.69) is 23.8 Å². The van der Waals surface area contributed by atoms with Gasteiger partial charge >= 0.3 is 0 Å². The molecule has 0 aromatic heterocycles. The molecule has 3 rings (SSSR count). The molecule has 2 nitrogen and oxygen atoms in total. The topological polar surface area (TPSA) is 24.1 Å². The number of hydrogen-bond donors (Lipinski definition) is 2. The van der Waals surface area contributed by atoms with Gasteiger partial charge in [0, 0.05) is 17.2 Å². The molecular weight excluding hydrogens is 280 g/mol. The van der Waals surface area contributed by atoms with Crippen LogP contribution in [0.5, 0.6) is 0 Å². The normalized spacial score (nSPS) is 19.5. The number of anilines is 1. The minimum atomic E-state index is 0.557. The third-order valence-electron chi connectivity index (χ3n) is 4.30. The Balaban J connectivity index is 1.78. The van der Waals surface area contributed by atoms with Crippen molar-refractivity contribution in [3.8, 4) is 0 Å². The highest BCUT2D eigenvalue weighted by Crippen LogP contribution is 2.38. The van der Waals surface area contributed by atoms with Crippen molar-refractivity contribution in [1.29, 1.82) is 0 Å². The Labute approximate surface area is 131 Å². The van der Waals surface area contributed by atoms with Gasteiger partial charge in [0.05, 0.1) is 22.1 Å². The predicted octanol–water partition coefficient (Wildman–Crippen LogP) is 5.01. The van der Waals surface area contributed by atoms with Gasteiger partial charge in [-0.3, -0.25) is 0 Å². The fourth-order valence-corrected chi connectivity index (χ4v) is 3.17. The summed E-state index contributed by atoms with van der Waals surface area (Å²) in [5.41, 5.74) is 5.01. The van der Waals surface area contributed by atoms with Crippen molar-refractivity contribution in [3.63, 3.8) is 0 Å². The van der Waals surface area contributed by atoms with Gasteiger partial charge < -0.3 is 10.6 Å². The molecule has 2 aliphatic rings. The zero-order valence-corrected chi connectivity index (χ0v) is 13.0. The first-order valence-electron chi connectivity index (χ1n) is 7.58. The lowest BCUT2D eigenvalue weighted by Crippen LogP contribution is -2.36. The zero-order chi connectivity index (χ0) is 14.8. The lowest BCUT2D eigenvalue weighted by Gasteiger charge is -2.35. The van der Waals surface area contributed by atoms with E-state index in [9.17, 15) is 0 Å². The number of benzene rings is 1. The van der Waals surface area contributed by atoms with E-state index in [1.54, 1.807) is 0 Å². The molecule has 0 spiro atoms. The molecule has 1 aromatic rings. The average molecular weight is 301 g/mol. The Morgan fingerprint density at radius 1 is 0.952 bits per heavy atom. The van der Waals surface area contributed by atoms with Crippen LogP contribution in [0.1, 0.15) is 32.1 Å². The molecule has 0 atom stereocenters. The van der Waals surface area contributed by atoms with Crippen LogP contribution in [0.2, 0.25) is 5.02 Å². The zero-order valence-electron chi connectivity index (χ0n) is 12.2. The monoisotopic (exact) mass is 300 g/mol. The summed E-state index contributed by atoms with van der Waals surface area (Å²) in [6.07, 6.45) is 6.46. The first-order chi connectivity index (χ1) is 10.2. The molecule has 1 fully saturated rings. The molecule has 0 aliphatic heterocycles. The van der Waals surface area contributed by atoms with E-state index in [0.29, 0.717) is 11.1 Å².